The van der Waals surface area contributed by atoms with Gasteiger partial charge in [-0.3, -0.25) is 9.59 Å². The molecule has 0 aliphatic carbocycles. The average Bonchev–Trinajstić information content (AvgIpc) is 3.47. The lowest BCUT2D eigenvalue weighted by atomic mass is 9.90. The van der Waals surface area contributed by atoms with Crippen molar-refractivity contribution in [2.45, 2.75) is 46.2 Å². The number of nitrogens with one attached hydrogen (secondary N) is 2. The van der Waals surface area contributed by atoms with Gasteiger partial charge in [-0.05, 0) is 51.7 Å². The van der Waals surface area contributed by atoms with E-state index in [1.165, 1.54) is 7.11 Å². The number of likely N-dealkylation sites (tertiary alicyclic amines) is 1. The molecule has 1 aromatic carbocycles. The molecular weight excluding hydrogens is 700 g/mol. The van der Waals surface area contributed by atoms with E-state index in [2.05, 4.69) is 21.8 Å². The van der Waals surface area contributed by atoms with E-state index in [1.807, 2.05) is 31.2 Å². The van der Waals surface area contributed by atoms with Crippen LogP contribution in [0.1, 0.15) is 53.1 Å². The fraction of sp³-hybridized carbons (Fsp3) is 0.615. The fourth-order valence-corrected chi connectivity index (χ4v) is 6.67. The van der Waals surface area contributed by atoms with Crippen LogP contribution in [0.15, 0.2) is 35.1 Å². The number of aryl methyl sites for hydroxylation is 1. The Morgan fingerprint density at radius 3 is 1.96 bits per heavy atom. The van der Waals surface area contributed by atoms with Crippen LogP contribution in [0, 0.1) is 19.8 Å². The number of H-pyrrole nitrogens is 1. The maximum Gasteiger partial charge on any atom is 0.409 e. The Hall–Kier alpha value is -3.99. The van der Waals surface area contributed by atoms with Crippen LogP contribution in [0.5, 0.6) is 5.75 Å². The summed E-state index contributed by atoms with van der Waals surface area (Å²) in [5.74, 6) is 0.459. The molecule has 1 saturated heterocycles. The molecule has 1 atom stereocenters. The zero-order chi connectivity index (χ0) is 38.7. The largest absolute Gasteiger partial charge is 0.496 e. The summed E-state index contributed by atoms with van der Waals surface area (Å²) in [4.78, 5) is 43.6. The van der Waals surface area contributed by atoms with E-state index >= 15 is 0 Å². The van der Waals surface area contributed by atoms with Gasteiger partial charge in [-0.1, -0.05) is 18.2 Å². The zero-order valence-corrected chi connectivity index (χ0v) is 32.4. The Bertz CT molecular complexity index is 1650. The molecule has 15 heteroatoms. The molecule has 54 heavy (non-hydrogen) atoms. The molecule has 0 unspecified atom stereocenters. The first-order chi connectivity index (χ1) is 26.3. The molecule has 1 aliphatic heterocycles. The van der Waals surface area contributed by atoms with Crippen molar-refractivity contribution in [3.05, 3.63) is 63.2 Å². The van der Waals surface area contributed by atoms with E-state index in [4.69, 9.17) is 37.9 Å². The standard InChI is InChI=1S/C39H58N4O11/c1-28-26-35(48-5)33(37(44)41-28)27-40-38(45)36-30(3)43(34-9-7-6-8-32(34)36)29(2)31-10-12-42(13-11-31)39(46)54-25-24-53-23-22-52-21-20-51-19-18-50-17-16-49-15-14-47-4/h6-9,26,29,31H,10-25,27H2,1-5H3,(H,40,45)(H,41,44)/t29-/m1/s1. The molecule has 15 nitrogen and oxygen atoms in total. The Morgan fingerprint density at radius 1 is 0.833 bits per heavy atom. The van der Waals surface area contributed by atoms with Crippen LogP contribution in [-0.2, 0) is 39.7 Å². The average molecular weight is 759 g/mol. The third-order valence-electron chi connectivity index (χ3n) is 9.52. The number of aromatic amines is 1. The van der Waals surface area contributed by atoms with E-state index < -0.39 is 0 Å². The van der Waals surface area contributed by atoms with E-state index in [0.29, 0.717) is 102 Å². The maximum atomic E-state index is 13.7. The number of amides is 2. The molecule has 0 saturated carbocycles. The summed E-state index contributed by atoms with van der Waals surface area (Å²) in [6.45, 7) is 12.5. The Kier molecular flexibility index (Phi) is 18.2. The number of methoxy groups -OCH3 is 2. The smallest absolute Gasteiger partial charge is 0.409 e. The normalized spacial score (nSPS) is 14.1. The predicted octanol–water partition coefficient (Wildman–Crippen LogP) is 4.02. The molecule has 0 bridgehead atoms. The number of carbonyl (C=O) groups excluding carboxylic acids is 2. The number of piperidine rings is 1. The molecule has 2 aromatic heterocycles. The van der Waals surface area contributed by atoms with Crippen LogP contribution in [0.25, 0.3) is 10.9 Å². The van der Waals surface area contributed by atoms with Gasteiger partial charge in [-0.2, -0.15) is 0 Å². The van der Waals surface area contributed by atoms with Crippen molar-refractivity contribution in [2.75, 3.05) is 107 Å². The molecule has 2 N–H and O–H groups in total. The van der Waals surface area contributed by atoms with Gasteiger partial charge in [0.1, 0.15) is 12.4 Å². The number of benzene rings is 1. The van der Waals surface area contributed by atoms with Crippen LogP contribution in [-0.4, -0.2) is 133 Å². The first kappa shape index (κ1) is 42.7. The number of pyridine rings is 1. The summed E-state index contributed by atoms with van der Waals surface area (Å²) in [6.07, 6.45) is 1.26. The first-order valence-electron chi connectivity index (χ1n) is 18.7. The minimum Gasteiger partial charge on any atom is -0.496 e. The van der Waals surface area contributed by atoms with Gasteiger partial charge in [0.05, 0.1) is 97.5 Å². The summed E-state index contributed by atoms with van der Waals surface area (Å²) < 4.78 is 45.3. The van der Waals surface area contributed by atoms with Gasteiger partial charge in [0.2, 0.25) is 0 Å². The Morgan fingerprint density at radius 2 is 1.39 bits per heavy atom. The van der Waals surface area contributed by atoms with Gasteiger partial charge < -0.3 is 57.7 Å². The molecule has 300 valence electrons. The Labute approximate surface area is 317 Å². The lowest BCUT2D eigenvalue weighted by Gasteiger charge is -2.35. The molecule has 0 radical (unpaired) electrons. The summed E-state index contributed by atoms with van der Waals surface area (Å²) in [7, 11) is 3.14. The molecule has 1 fully saturated rings. The van der Waals surface area contributed by atoms with Crippen molar-refractivity contribution in [3.63, 3.8) is 0 Å². The number of carbonyl (C=O) groups is 2. The second-order valence-corrected chi connectivity index (χ2v) is 13.1. The third-order valence-corrected chi connectivity index (χ3v) is 9.52. The Balaban J connectivity index is 1.13. The SMILES string of the molecule is COCCOCCOCCOCCOCCOCCOC(=O)N1CCC([C@@H](C)n2c(C)c(C(=O)NCc3c(OC)cc(C)[nH]c3=O)c3ccccc32)CC1. The first-order valence-corrected chi connectivity index (χ1v) is 18.7. The van der Waals surface area contributed by atoms with Crippen molar-refractivity contribution in [2.24, 2.45) is 5.92 Å². The van der Waals surface area contributed by atoms with Crippen LogP contribution < -0.4 is 15.6 Å². The topological polar surface area (TPSA) is 161 Å². The maximum absolute atomic E-state index is 13.7. The molecule has 4 rings (SSSR count). The third kappa shape index (κ3) is 12.5. The minimum atomic E-state index is -0.341. The number of nitrogens with zero attached hydrogens (tertiary/aromatic N) is 2. The molecule has 3 heterocycles. The second-order valence-electron chi connectivity index (χ2n) is 13.1. The fourth-order valence-electron chi connectivity index (χ4n) is 6.67. The number of rotatable bonds is 24. The number of hydrogen-bond acceptors (Lipinski definition) is 11. The number of fused-ring (bicyclic) bond motifs is 1. The van der Waals surface area contributed by atoms with Gasteiger partial charge >= 0.3 is 6.09 Å². The van der Waals surface area contributed by atoms with Gasteiger partial charge in [-0.25, -0.2) is 4.79 Å². The number of ether oxygens (including phenoxy) is 8. The van der Waals surface area contributed by atoms with Gasteiger partial charge in [0.15, 0.2) is 0 Å². The highest BCUT2D eigenvalue weighted by Crippen LogP contribution is 2.36. The van der Waals surface area contributed by atoms with Crippen molar-refractivity contribution in [1.29, 1.82) is 0 Å². The number of aromatic nitrogens is 2. The highest BCUT2D eigenvalue weighted by Gasteiger charge is 2.31. The number of para-hydroxylation sites is 1. The molecular formula is C39H58N4O11. The van der Waals surface area contributed by atoms with Crippen LogP contribution >= 0.6 is 0 Å². The summed E-state index contributed by atoms with van der Waals surface area (Å²) >= 11 is 0. The molecule has 0 spiro atoms. The summed E-state index contributed by atoms with van der Waals surface area (Å²) in [5, 5.41) is 3.79. The van der Waals surface area contributed by atoms with E-state index in [-0.39, 0.29) is 49.3 Å². The lowest BCUT2D eigenvalue weighted by Crippen LogP contribution is -2.40. The van der Waals surface area contributed by atoms with Gasteiger partial charge in [0.25, 0.3) is 11.5 Å². The zero-order valence-electron chi connectivity index (χ0n) is 32.4. The van der Waals surface area contributed by atoms with Crippen LogP contribution in [0.2, 0.25) is 0 Å². The second kappa shape index (κ2) is 23.0. The number of hydrogen-bond donors (Lipinski definition) is 2. The predicted molar refractivity (Wildman–Crippen MR) is 203 cm³/mol. The molecule has 2 amide bonds. The van der Waals surface area contributed by atoms with E-state index in [1.54, 1.807) is 25.0 Å². The van der Waals surface area contributed by atoms with Crippen LogP contribution in [0.4, 0.5) is 4.79 Å². The molecule has 3 aromatic rings. The lowest BCUT2D eigenvalue weighted by molar-refractivity contribution is -0.0176. The van der Waals surface area contributed by atoms with E-state index in [0.717, 1.165) is 29.4 Å². The van der Waals surface area contributed by atoms with Crippen molar-refractivity contribution >= 4 is 22.9 Å². The van der Waals surface area contributed by atoms with Gasteiger partial charge in [0, 0.05) is 48.5 Å². The van der Waals surface area contributed by atoms with Crippen molar-refractivity contribution in [3.8, 4) is 5.75 Å². The van der Waals surface area contributed by atoms with E-state index in [9.17, 15) is 14.4 Å². The minimum absolute atomic E-state index is 0.0304. The molecule has 1 aliphatic rings. The summed E-state index contributed by atoms with van der Waals surface area (Å²) in [5.41, 5.74) is 3.15. The highest BCUT2D eigenvalue weighted by molar-refractivity contribution is 6.08. The van der Waals surface area contributed by atoms with Crippen molar-refractivity contribution in [1.82, 2.24) is 19.8 Å². The van der Waals surface area contributed by atoms with Crippen molar-refractivity contribution < 1.29 is 47.5 Å². The monoisotopic (exact) mass is 758 g/mol. The highest BCUT2D eigenvalue weighted by atomic mass is 16.6. The summed E-state index contributed by atoms with van der Waals surface area (Å²) in [6, 6.07) is 9.69. The van der Waals surface area contributed by atoms with Gasteiger partial charge in [-0.15, -0.1) is 0 Å². The van der Waals surface area contributed by atoms with Crippen LogP contribution in [0.3, 0.4) is 0 Å². The quantitative estimate of drug-likeness (QED) is 0.127.